The van der Waals surface area contributed by atoms with Gasteiger partial charge < -0.3 is 51.3 Å². The Morgan fingerprint density at radius 3 is 0.899 bits per heavy atom. The van der Waals surface area contributed by atoms with Gasteiger partial charge in [0.1, 0.15) is 0 Å². The van der Waals surface area contributed by atoms with E-state index in [2.05, 4.69) is 295 Å². The molecule has 4 aliphatic heterocycles. The summed E-state index contributed by atoms with van der Waals surface area (Å²) in [6, 6.07) is 61.0. The van der Waals surface area contributed by atoms with Gasteiger partial charge in [-0.2, -0.15) is 58.7 Å². The Balaban J connectivity index is 0.00000277. The van der Waals surface area contributed by atoms with Crippen molar-refractivity contribution in [2.24, 2.45) is 0 Å². The van der Waals surface area contributed by atoms with Gasteiger partial charge in [0.05, 0.1) is 0 Å². The summed E-state index contributed by atoms with van der Waals surface area (Å²) in [5, 5.41) is 0. The Labute approximate surface area is 435 Å². The topological polar surface area (TPSA) is 25.9 Å². The van der Waals surface area contributed by atoms with E-state index >= 15 is 0 Å². The molecule has 0 saturated carbocycles. The average molecular weight is 1260 g/mol. The van der Waals surface area contributed by atoms with Crippen LogP contribution in [0.15, 0.2) is 177 Å². The summed E-state index contributed by atoms with van der Waals surface area (Å²) in [7, 11) is 0. The molecule has 0 aromatic heterocycles. The van der Waals surface area contributed by atoms with Gasteiger partial charge in [-0.05, 0) is 126 Å². The zero-order valence-corrected chi connectivity index (χ0v) is 42.9. The Hall–Kier alpha value is -6.72. The minimum absolute atomic E-state index is 0. The summed E-state index contributed by atoms with van der Waals surface area (Å²) in [5.41, 5.74) is 18.2. The maximum Gasteiger partial charge on any atom is 4.00 e. The summed E-state index contributed by atoms with van der Waals surface area (Å²) in [6.45, 7) is 16.9. The van der Waals surface area contributed by atoms with Crippen LogP contribution in [-0.2, 0) is 42.1 Å². The van der Waals surface area contributed by atoms with Crippen LogP contribution in [0.1, 0.15) is 44.9 Å². The third-order valence-corrected chi connectivity index (χ3v) is 12.9. The minimum atomic E-state index is -0.289. The monoisotopic (exact) mass is 1260 g/mol. The first-order chi connectivity index (χ1) is 32.8. The van der Waals surface area contributed by atoms with Crippen molar-refractivity contribution >= 4 is 45.5 Å². The summed E-state index contributed by atoms with van der Waals surface area (Å²) < 4.78 is 0. The molecular weight excluding hydrogens is 1210 g/mol. The fourth-order valence-electron chi connectivity index (χ4n) is 9.06. The molecule has 0 N–H and O–H groups in total. The first kappa shape index (κ1) is 46.0. The fourth-order valence-corrected chi connectivity index (χ4v) is 9.06. The van der Waals surface area contributed by atoms with Crippen molar-refractivity contribution < 1.29 is 42.1 Å². The molecule has 7 aromatic rings. The zero-order valence-electron chi connectivity index (χ0n) is 38.3. The van der Waals surface area contributed by atoms with Gasteiger partial charge in [-0.3, -0.25) is 5.56 Å². The number of hydrogen-bond donors (Lipinski definition) is 0. The van der Waals surface area contributed by atoms with E-state index in [4.69, 9.17) is 0 Å². The van der Waals surface area contributed by atoms with E-state index in [1.165, 1.54) is 22.3 Å². The second-order valence-electron chi connectivity index (χ2n) is 17.6. The van der Waals surface area contributed by atoms with Crippen LogP contribution in [-0.4, -0.2) is 0 Å². The van der Waals surface area contributed by atoms with E-state index in [0.717, 1.165) is 73.3 Å². The van der Waals surface area contributed by atoms with Crippen LogP contribution >= 0.6 is 0 Å². The number of nitrogens with zero attached hydrogens (tertiary/aromatic N) is 8. The predicted molar refractivity (Wildman–Crippen MR) is 273 cm³/mol. The quantitative estimate of drug-likeness (QED) is 0.132. The molecule has 1 aliphatic carbocycles. The molecule has 0 bridgehead atoms. The number of rotatable bonds is 9. The number of anilines is 8. The molecule has 10 heteroatoms. The van der Waals surface area contributed by atoms with Crippen molar-refractivity contribution in [3.8, 4) is 11.1 Å². The zero-order chi connectivity index (χ0) is 45.2. The molecule has 12 rings (SSSR count). The van der Waals surface area contributed by atoms with Gasteiger partial charge in [-0.1, -0.05) is 76.7 Å². The second-order valence-corrected chi connectivity index (χ2v) is 17.6. The van der Waals surface area contributed by atoms with Crippen molar-refractivity contribution in [3.05, 3.63) is 267 Å². The van der Waals surface area contributed by atoms with Crippen molar-refractivity contribution in [2.45, 2.75) is 33.6 Å². The van der Waals surface area contributed by atoms with Crippen molar-refractivity contribution in [1.29, 1.82) is 0 Å². The maximum atomic E-state index is 3.94. The third-order valence-electron chi connectivity index (χ3n) is 12.9. The number of fused-ring (bicyclic) bond motifs is 3. The molecule has 0 amide bonds. The van der Waals surface area contributed by atoms with Gasteiger partial charge in [0.25, 0.3) is 0 Å². The van der Waals surface area contributed by atoms with E-state index in [1.807, 2.05) is 0 Å². The van der Waals surface area contributed by atoms with E-state index in [-0.39, 0.29) is 48.0 Å². The van der Waals surface area contributed by atoms with Crippen LogP contribution in [0.5, 0.6) is 0 Å². The maximum absolute atomic E-state index is 3.94. The number of aryl methyl sites for hydroxylation is 4. The molecule has 0 unspecified atom stereocenters. The molecule has 342 valence electrons. The average Bonchev–Trinajstić information content (AvgIpc) is 4.22. The summed E-state index contributed by atoms with van der Waals surface area (Å²) >= 11 is 0. The normalized spacial score (nSPS) is 15.7. The molecule has 0 spiro atoms. The van der Waals surface area contributed by atoms with Gasteiger partial charge in [-0.25, -0.2) is 17.4 Å². The van der Waals surface area contributed by atoms with Crippen LogP contribution in [0.25, 0.3) is 11.1 Å². The third kappa shape index (κ3) is 8.93. The molecule has 8 nitrogen and oxygen atoms in total. The molecular formula is C59H46N8Pt2. The van der Waals surface area contributed by atoms with Gasteiger partial charge in [-0.15, -0.1) is 38.0 Å². The predicted octanol–water partition coefficient (Wildman–Crippen LogP) is 12.9. The van der Waals surface area contributed by atoms with Crippen LogP contribution in [0, 0.1) is 78.6 Å². The first-order valence-electron chi connectivity index (χ1n) is 22.6. The molecule has 0 saturated heterocycles. The summed E-state index contributed by atoms with van der Waals surface area (Å²) in [5.74, 6) is -0.289. The Kier molecular flexibility index (Phi) is 12.7. The summed E-state index contributed by atoms with van der Waals surface area (Å²) in [4.78, 5) is 17.1. The largest absolute Gasteiger partial charge is 4.00 e. The van der Waals surface area contributed by atoms with Crippen LogP contribution < -0.4 is 39.2 Å². The Morgan fingerprint density at radius 1 is 0.319 bits per heavy atom. The van der Waals surface area contributed by atoms with E-state index < -0.39 is 0 Å². The van der Waals surface area contributed by atoms with Crippen molar-refractivity contribution in [2.75, 3.05) is 39.2 Å². The molecule has 0 fully saturated rings. The van der Waals surface area contributed by atoms with Gasteiger partial charge in [0.2, 0.25) is 0 Å². The fraction of sp³-hybridized carbons (Fsp3) is 0.0847. The smallest absolute Gasteiger partial charge is 0.519 e. The second kappa shape index (κ2) is 19.0. The standard InChI is InChI=1S/C59H46N8.2Pt/c1-42-5-13-47(14-6-42)60-25-29-64(38-60)51-21-23-55-56-24-22-52(65-30-26-61(39-65)48-15-7-43(2)8-16-48)37-58(56)59(57(55)36-51)46-33-53(66-31-27-62(40-66)49-17-9-44(3)10-18-49)35-54(34-46)67-32-28-63(41-67)50-19-11-45(4)12-20-50;;/h5-32,35,38-41,59H,1-4H3;;/q-8;2*+4. The Bertz CT molecular complexity index is 2920. The van der Waals surface area contributed by atoms with Crippen LogP contribution in [0.4, 0.5) is 45.5 Å². The van der Waals surface area contributed by atoms with Crippen LogP contribution in [0.3, 0.4) is 0 Å². The first-order valence-corrected chi connectivity index (χ1v) is 22.6. The van der Waals surface area contributed by atoms with Crippen molar-refractivity contribution in [3.63, 3.8) is 0 Å². The Morgan fingerprint density at radius 2 is 0.594 bits per heavy atom. The molecule has 7 aromatic carbocycles. The van der Waals surface area contributed by atoms with Gasteiger partial charge in [0.15, 0.2) is 0 Å². The molecule has 0 radical (unpaired) electrons. The molecule has 69 heavy (non-hydrogen) atoms. The van der Waals surface area contributed by atoms with Gasteiger partial charge >= 0.3 is 42.1 Å². The van der Waals surface area contributed by atoms with Crippen molar-refractivity contribution in [1.82, 2.24) is 0 Å². The van der Waals surface area contributed by atoms with E-state index in [1.54, 1.807) is 0 Å². The van der Waals surface area contributed by atoms with Crippen LogP contribution in [0.2, 0.25) is 0 Å². The summed E-state index contributed by atoms with van der Waals surface area (Å²) in [6.07, 6.45) is 16.7. The van der Waals surface area contributed by atoms with Gasteiger partial charge in [0, 0.05) is 22.7 Å². The minimum Gasteiger partial charge on any atom is -0.519 e. The van der Waals surface area contributed by atoms with E-state index in [9.17, 15) is 0 Å². The molecule has 0 atom stereocenters. The SMILES string of the molecule is Cc1ccc(N2C=CN(c3[c-]c4c(cc3)-c3ccc(N5C=CN(c6ccc(C)cc6)[CH-]5)[c-]c3C4c3[c-]c(N4C=CN(c5ccc(C)cc5)[CH-]4)cc(N4C=CN(c5ccc(C)cc5)[CH-]4)[c-]3)[CH-]2)cc1.[Pt+4].[Pt+4]. The molecule has 5 aliphatic rings. The number of benzene rings is 7. The number of hydrogen-bond acceptors (Lipinski definition) is 8. The molecule has 4 heterocycles. The van der Waals surface area contributed by atoms with E-state index in [0.29, 0.717) is 0 Å².